The third-order valence-electron chi connectivity index (χ3n) is 5.08. The van der Waals surface area contributed by atoms with Crippen LogP contribution in [0.5, 0.6) is 0 Å². The fraction of sp³-hybridized carbons (Fsp3) is 0.409. The van der Waals surface area contributed by atoms with Crippen LogP contribution in [0.2, 0.25) is 0 Å². The maximum Gasteiger partial charge on any atom is 0.254 e. The van der Waals surface area contributed by atoms with Crippen LogP contribution >= 0.6 is 0 Å². The SMILES string of the molecule is C=C(C)N=C(C)C(=C)N1CCN(C(=O)c2ccc(C)c(F)c2C)[C@H](C)C1=NC. The summed E-state index contributed by atoms with van der Waals surface area (Å²) in [4.78, 5) is 25.6. The summed E-state index contributed by atoms with van der Waals surface area (Å²) in [6, 6.07) is 3.06. The minimum atomic E-state index is -0.332. The van der Waals surface area contributed by atoms with Crippen LogP contribution in [0.15, 0.2) is 46.7 Å². The predicted molar refractivity (Wildman–Crippen MR) is 114 cm³/mol. The Bertz CT molecular complexity index is 885. The fourth-order valence-electron chi connectivity index (χ4n) is 3.49. The van der Waals surface area contributed by atoms with Crippen molar-refractivity contribution in [1.29, 1.82) is 0 Å². The summed E-state index contributed by atoms with van der Waals surface area (Å²) >= 11 is 0. The van der Waals surface area contributed by atoms with Crippen molar-refractivity contribution in [3.8, 4) is 0 Å². The number of hydrogen-bond acceptors (Lipinski definition) is 3. The standard InChI is InChI=1S/C22H29FN4O/c1-13(2)25-16(5)17(6)26-11-12-27(18(7)21(26)24-8)22(28)19-10-9-14(3)20(23)15(19)4/h9-10,18H,1,6,11-12H2,2-5,7-8H3/t18-/m1/s1. The number of allylic oxidation sites excluding steroid dienone is 2. The van der Waals surface area contributed by atoms with Crippen molar-refractivity contribution in [2.24, 2.45) is 9.98 Å². The molecule has 150 valence electrons. The molecule has 1 amide bonds. The van der Waals surface area contributed by atoms with Crippen LogP contribution in [-0.4, -0.2) is 53.4 Å². The van der Waals surface area contributed by atoms with Gasteiger partial charge >= 0.3 is 0 Å². The number of aliphatic imine (C=N–C) groups is 2. The normalized spacial score (nSPS) is 19.2. The van der Waals surface area contributed by atoms with Crippen LogP contribution in [0.4, 0.5) is 4.39 Å². The minimum Gasteiger partial charge on any atom is -0.327 e. The number of halogens is 1. The number of amidine groups is 1. The second-order valence-electron chi connectivity index (χ2n) is 7.16. The predicted octanol–water partition coefficient (Wildman–Crippen LogP) is 4.13. The van der Waals surface area contributed by atoms with Gasteiger partial charge in [-0.05, 0) is 51.8 Å². The molecule has 0 radical (unpaired) electrons. The Hall–Kier alpha value is -2.76. The topological polar surface area (TPSA) is 48.3 Å². The highest BCUT2D eigenvalue weighted by Crippen LogP contribution is 2.23. The third-order valence-corrected chi connectivity index (χ3v) is 5.08. The van der Waals surface area contributed by atoms with Crippen LogP contribution in [0, 0.1) is 19.7 Å². The number of benzene rings is 1. The molecule has 6 heteroatoms. The van der Waals surface area contributed by atoms with Gasteiger partial charge in [0.25, 0.3) is 5.91 Å². The van der Waals surface area contributed by atoms with Crippen molar-refractivity contribution in [3.05, 3.63) is 59.2 Å². The molecule has 1 saturated heterocycles. The van der Waals surface area contributed by atoms with Gasteiger partial charge in [-0.1, -0.05) is 19.2 Å². The van der Waals surface area contributed by atoms with Crippen LogP contribution in [-0.2, 0) is 0 Å². The van der Waals surface area contributed by atoms with Crippen LogP contribution in [0.25, 0.3) is 0 Å². The molecule has 0 unspecified atom stereocenters. The van der Waals surface area contributed by atoms with E-state index in [9.17, 15) is 9.18 Å². The molecule has 0 saturated carbocycles. The fourth-order valence-corrected chi connectivity index (χ4v) is 3.49. The number of rotatable bonds is 4. The highest BCUT2D eigenvalue weighted by Gasteiger charge is 2.35. The summed E-state index contributed by atoms with van der Waals surface area (Å²) in [7, 11) is 1.70. The Morgan fingerprint density at radius 3 is 2.43 bits per heavy atom. The van der Waals surface area contributed by atoms with Crippen molar-refractivity contribution < 1.29 is 9.18 Å². The van der Waals surface area contributed by atoms with Crippen LogP contribution in [0.3, 0.4) is 0 Å². The first-order chi connectivity index (χ1) is 13.1. The van der Waals surface area contributed by atoms with E-state index in [1.165, 1.54) is 0 Å². The molecule has 2 rings (SSSR count). The molecule has 1 heterocycles. The molecule has 28 heavy (non-hydrogen) atoms. The zero-order valence-corrected chi connectivity index (χ0v) is 17.6. The summed E-state index contributed by atoms with van der Waals surface area (Å²) in [6.45, 7) is 17.9. The minimum absolute atomic E-state index is 0.192. The number of carbonyl (C=O) groups excluding carboxylic acids is 1. The van der Waals surface area contributed by atoms with Crippen LogP contribution < -0.4 is 0 Å². The van der Waals surface area contributed by atoms with Gasteiger partial charge < -0.3 is 9.80 Å². The van der Waals surface area contributed by atoms with Gasteiger partial charge in [0.05, 0.1) is 17.5 Å². The molecule has 1 aliphatic heterocycles. The summed E-state index contributed by atoms with van der Waals surface area (Å²) in [5.74, 6) is 0.204. The third kappa shape index (κ3) is 4.06. The summed E-state index contributed by atoms with van der Waals surface area (Å²) in [5.41, 5.74) is 3.50. The van der Waals surface area contributed by atoms with E-state index in [1.807, 2.05) is 25.7 Å². The molecule has 1 fully saturated rings. The molecule has 0 spiro atoms. The molecule has 5 nitrogen and oxygen atoms in total. The Labute approximate surface area is 167 Å². The maximum atomic E-state index is 14.3. The van der Waals surface area contributed by atoms with Gasteiger partial charge in [-0.15, -0.1) is 0 Å². The molecule has 0 N–H and O–H groups in total. The Balaban J connectivity index is 2.31. The van der Waals surface area contributed by atoms with Gasteiger partial charge in [0.2, 0.25) is 0 Å². The van der Waals surface area contributed by atoms with E-state index in [0.29, 0.717) is 35.5 Å². The van der Waals surface area contributed by atoms with E-state index < -0.39 is 0 Å². The largest absolute Gasteiger partial charge is 0.327 e. The highest BCUT2D eigenvalue weighted by atomic mass is 19.1. The second kappa shape index (κ2) is 8.50. The highest BCUT2D eigenvalue weighted by molar-refractivity contribution is 6.05. The Morgan fingerprint density at radius 1 is 1.21 bits per heavy atom. The van der Waals surface area contributed by atoms with E-state index in [-0.39, 0.29) is 17.8 Å². The first-order valence-electron chi connectivity index (χ1n) is 9.31. The van der Waals surface area contributed by atoms with Gasteiger partial charge in [0.15, 0.2) is 0 Å². The number of amides is 1. The average molecular weight is 384 g/mol. The maximum absolute atomic E-state index is 14.3. The molecule has 1 aromatic rings. The van der Waals surface area contributed by atoms with Gasteiger partial charge in [0, 0.05) is 31.4 Å². The molecule has 0 aromatic heterocycles. The zero-order valence-electron chi connectivity index (χ0n) is 17.6. The van der Waals surface area contributed by atoms with Crippen molar-refractivity contribution in [3.63, 3.8) is 0 Å². The smallest absolute Gasteiger partial charge is 0.254 e. The first kappa shape index (κ1) is 21.5. The van der Waals surface area contributed by atoms with Crippen molar-refractivity contribution in [2.45, 2.75) is 40.7 Å². The molecular weight excluding hydrogens is 355 g/mol. The molecule has 1 aromatic carbocycles. The lowest BCUT2D eigenvalue weighted by molar-refractivity contribution is 0.0694. The average Bonchev–Trinajstić information content (AvgIpc) is 2.64. The molecule has 1 aliphatic rings. The summed E-state index contributed by atoms with van der Waals surface area (Å²) in [5, 5.41) is 0. The van der Waals surface area contributed by atoms with E-state index in [0.717, 1.165) is 17.2 Å². The quantitative estimate of drug-likeness (QED) is 0.733. The number of carbonyl (C=O) groups is 1. The van der Waals surface area contributed by atoms with Crippen molar-refractivity contribution >= 4 is 17.5 Å². The number of piperazine rings is 1. The lowest BCUT2D eigenvalue weighted by atomic mass is 10.0. The van der Waals surface area contributed by atoms with Crippen LogP contribution in [0.1, 0.15) is 42.3 Å². The summed E-state index contributed by atoms with van der Waals surface area (Å²) in [6.07, 6.45) is 0. The van der Waals surface area contributed by atoms with Crippen molar-refractivity contribution in [2.75, 3.05) is 20.1 Å². The van der Waals surface area contributed by atoms with E-state index in [4.69, 9.17) is 0 Å². The van der Waals surface area contributed by atoms with Gasteiger partial charge in [-0.25, -0.2) is 4.39 Å². The van der Waals surface area contributed by atoms with Gasteiger partial charge in [-0.3, -0.25) is 14.8 Å². The number of hydrogen-bond donors (Lipinski definition) is 0. The number of nitrogens with zero attached hydrogens (tertiary/aromatic N) is 4. The lowest BCUT2D eigenvalue weighted by Gasteiger charge is -2.42. The molecule has 1 atom stereocenters. The van der Waals surface area contributed by atoms with Gasteiger partial charge in [0.1, 0.15) is 11.7 Å². The zero-order chi connectivity index (χ0) is 21.2. The van der Waals surface area contributed by atoms with Crippen molar-refractivity contribution in [1.82, 2.24) is 9.80 Å². The summed E-state index contributed by atoms with van der Waals surface area (Å²) < 4.78 is 14.3. The van der Waals surface area contributed by atoms with E-state index in [2.05, 4.69) is 23.1 Å². The van der Waals surface area contributed by atoms with E-state index >= 15 is 0 Å². The van der Waals surface area contributed by atoms with E-state index in [1.54, 1.807) is 37.9 Å². The monoisotopic (exact) mass is 384 g/mol. The lowest BCUT2D eigenvalue weighted by Crippen LogP contribution is -2.57. The Kier molecular flexibility index (Phi) is 6.54. The molecular formula is C22H29FN4O. The molecule has 0 aliphatic carbocycles. The second-order valence-corrected chi connectivity index (χ2v) is 7.16. The molecule has 0 bridgehead atoms. The Morgan fingerprint density at radius 2 is 1.86 bits per heavy atom. The first-order valence-corrected chi connectivity index (χ1v) is 9.31. The number of aryl methyl sites for hydroxylation is 1. The van der Waals surface area contributed by atoms with Gasteiger partial charge in [-0.2, -0.15) is 0 Å².